The molecule has 6 heteroatoms. The van der Waals surface area contributed by atoms with Gasteiger partial charge in [-0.15, -0.1) is 0 Å². The number of benzene rings is 2. The molecule has 1 N–H and O–H groups in total. The first-order chi connectivity index (χ1) is 13.0. The number of nitrogens with one attached hydrogen (secondary N) is 1. The number of ether oxygens (including phenoxy) is 1. The number of rotatable bonds is 6. The molecule has 6 nitrogen and oxygen atoms in total. The highest BCUT2D eigenvalue weighted by Gasteiger charge is 2.17. The van der Waals surface area contributed by atoms with Crippen LogP contribution in [0.4, 0.5) is 5.82 Å². The normalized spacial score (nSPS) is 11.4. The molecule has 2 aromatic carbocycles. The molecule has 3 aromatic rings. The minimum Gasteiger partial charge on any atom is -0.481 e. The molecule has 0 spiro atoms. The Morgan fingerprint density at radius 1 is 1.26 bits per heavy atom. The fourth-order valence-corrected chi connectivity index (χ4v) is 2.64. The molecule has 0 fully saturated rings. The maximum atomic E-state index is 12.5. The number of carbonyl (C=O) groups excluding carboxylic acids is 1. The molecule has 27 heavy (non-hydrogen) atoms. The lowest BCUT2D eigenvalue weighted by atomic mass is 10.1. The molecule has 1 atom stereocenters. The average molecular weight is 360 g/mol. The molecule has 1 amide bonds. The molecule has 136 valence electrons. The van der Waals surface area contributed by atoms with E-state index >= 15 is 0 Å². The molecular formula is C21H20N4O2. The zero-order valence-corrected chi connectivity index (χ0v) is 15.2. The molecular weight excluding hydrogens is 340 g/mol. The smallest absolute Gasteiger partial charge is 0.266 e. The molecule has 0 radical (unpaired) electrons. The second-order valence-corrected chi connectivity index (χ2v) is 6.25. The van der Waals surface area contributed by atoms with Crippen molar-refractivity contribution in [2.45, 2.75) is 26.5 Å². The van der Waals surface area contributed by atoms with E-state index in [1.54, 1.807) is 48.1 Å². The van der Waals surface area contributed by atoms with Crippen LogP contribution < -0.4 is 10.1 Å². The van der Waals surface area contributed by atoms with Crippen molar-refractivity contribution in [2.24, 2.45) is 0 Å². The van der Waals surface area contributed by atoms with Crippen molar-refractivity contribution in [2.75, 3.05) is 5.32 Å². The highest BCUT2D eigenvalue weighted by Crippen LogP contribution is 2.15. The first-order valence-corrected chi connectivity index (χ1v) is 8.60. The summed E-state index contributed by atoms with van der Waals surface area (Å²) in [6.07, 6.45) is 0.956. The van der Waals surface area contributed by atoms with Crippen LogP contribution in [0, 0.1) is 18.3 Å². The van der Waals surface area contributed by atoms with Crippen LogP contribution in [0.25, 0.3) is 0 Å². The van der Waals surface area contributed by atoms with Crippen molar-refractivity contribution >= 4 is 11.7 Å². The van der Waals surface area contributed by atoms with Crippen LogP contribution in [0.5, 0.6) is 5.75 Å². The van der Waals surface area contributed by atoms with Gasteiger partial charge in [0.2, 0.25) is 0 Å². The van der Waals surface area contributed by atoms with Gasteiger partial charge in [0.1, 0.15) is 11.6 Å². The molecule has 1 aromatic heterocycles. The molecule has 0 aliphatic rings. The molecule has 0 bridgehead atoms. The van der Waals surface area contributed by atoms with Crippen LogP contribution >= 0.6 is 0 Å². The summed E-state index contributed by atoms with van der Waals surface area (Å²) in [6.45, 7) is 4.28. The third kappa shape index (κ3) is 4.73. The molecule has 1 heterocycles. The Kier molecular flexibility index (Phi) is 5.53. The summed E-state index contributed by atoms with van der Waals surface area (Å²) < 4.78 is 7.38. The Labute approximate surface area is 158 Å². The van der Waals surface area contributed by atoms with Crippen molar-refractivity contribution < 1.29 is 9.53 Å². The number of amides is 1. The third-order valence-corrected chi connectivity index (χ3v) is 4.05. The second kappa shape index (κ2) is 8.19. The van der Waals surface area contributed by atoms with Gasteiger partial charge in [0, 0.05) is 6.07 Å². The maximum absolute atomic E-state index is 12.5. The van der Waals surface area contributed by atoms with Crippen molar-refractivity contribution in [3.63, 3.8) is 0 Å². The van der Waals surface area contributed by atoms with Crippen molar-refractivity contribution in [3.05, 3.63) is 77.5 Å². The van der Waals surface area contributed by atoms with Gasteiger partial charge >= 0.3 is 0 Å². The summed E-state index contributed by atoms with van der Waals surface area (Å²) in [4.78, 5) is 12.5. The van der Waals surface area contributed by atoms with E-state index in [0.29, 0.717) is 23.7 Å². The molecule has 3 rings (SSSR count). The summed E-state index contributed by atoms with van der Waals surface area (Å²) in [5, 5.41) is 16.0. The van der Waals surface area contributed by atoms with Crippen molar-refractivity contribution in [3.8, 4) is 11.8 Å². The summed E-state index contributed by atoms with van der Waals surface area (Å²) >= 11 is 0. The lowest BCUT2D eigenvalue weighted by Gasteiger charge is -2.15. The van der Waals surface area contributed by atoms with E-state index < -0.39 is 6.10 Å². The van der Waals surface area contributed by atoms with E-state index in [9.17, 15) is 4.79 Å². The largest absolute Gasteiger partial charge is 0.481 e. The van der Waals surface area contributed by atoms with Crippen molar-refractivity contribution in [1.82, 2.24) is 9.78 Å². The summed E-state index contributed by atoms with van der Waals surface area (Å²) in [7, 11) is 0. The van der Waals surface area contributed by atoms with Gasteiger partial charge in [-0.3, -0.25) is 4.79 Å². The van der Waals surface area contributed by atoms with Crippen LogP contribution in [-0.4, -0.2) is 21.8 Å². The Balaban J connectivity index is 1.63. The fourth-order valence-electron chi connectivity index (χ4n) is 2.64. The number of carbonyl (C=O) groups is 1. The number of nitrogens with zero attached hydrogens (tertiary/aromatic N) is 3. The SMILES string of the molecule is Cc1cccc(Cn2nccc2NC(=O)C(C)Oc2ccc(C#N)cc2)c1. The van der Waals surface area contributed by atoms with Gasteiger partial charge in [0.25, 0.3) is 5.91 Å². The van der Waals surface area contributed by atoms with Crippen LogP contribution in [0.1, 0.15) is 23.6 Å². The molecule has 1 unspecified atom stereocenters. The summed E-state index contributed by atoms with van der Waals surface area (Å²) in [5.74, 6) is 0.868. The molecule has 0 saturated heterocycles. The number of anilines is 1. The van der Waals surface area contributed by atoms with Gasteiger partial charge in [-0.05, 0) is 43.7 Å². The number of nitriles is 1. The number of hydrogen-bond donors (Lipinski definition) is 1. The van der Waals surface area contributed by atoms with Crippen LogP contribution in [0.2, 0.25) is 0 Å². The van der Waals surface area contributed by atoms with Gasteiger partial charge in [-0.25, -0.2) is 4.68 Å². The van der Waals surface area contributed by atoms with Gasteiger partial charge < -0.3 is 10.1 Å². The van der Waals surface area contributed by atoms with E-state index in [1.165, 1.54) is 5.56 Å². The quantitative estimate of drug-likeness (QED) is 0.729. The molecule has 0 aliphatic carbocycles. The van der Waals surface area contributed by atoms with Gasteiger partial charge in [-0.2, -0.15) is 10.4 Å². The highest BCUT2D eigenvalue weighted by molar-refractivity contribution is 5.93. The summed E-state index contributed by atoms with van der Waals surface area (Å²) in [5.41, 5.74) is 2.82. The standard InChI is InChI=1S/C21H20N4O2/c1-15-4-3-5-18(12-15)14-25-20(10-11-23-25)24-21(26)16(2)27-19-8-6-17(13-22)7-9-19/h3-12,16H,14H2,1-2H3,(H,24,26). The van der Waals surface area contributed by atoms with Gasteiger partial charge in [-0.1, -0.05) is 29.8 Å². The predicted octanol–water partition coefficient (Wildman–Crippen LogP) is 3.52. The van der Waals surface area contributed by atoms with Crippen LogP contribution in [-0.2, 0) is 11.3 Å². The number of hydrogen-bond acceptors (Lipinski definition) is 4. The third-order valence-electron chi connectivity index (χ3n) is 4.05. The topological polar surface area (TPSA) is 79.9 Å². The first kappa shape index (κ1) is 18.2. The molecule has 0 saturated carbocycles. The molecule has 0 aliphatic heterocycles. The van der Waals surface area contributed by atoms with Gasteiger partial charge in [0.15, 0.2) is 6.10 Å². The van der Waals surface area contributed by atoms with E-state index in [0.717, 1.165) is 5.56 Å². The zero-order valence-electron chi connectivity index (χ0n) is 15.2. The Bertz CT molecular complexity index is 970. The van der Waals surface area contributed by atoms with E-state index in [1.807, 2.05) is 31.2 Å². The van der Waals surface area contributed by atoms with Crippen LogP contribution in [0.15, 0.2) is 60.8 Å². The van der Waals surface area contributed by atoms with Gasteiger partial charge in [0.05, 0.1) is 24.4 Å². The number of aryl methyl sites for hydroxylation is 1. The lowest BCUT2D eigenvalue weighted by Crippen LogP contribution is -2.31. The fraction of sp³-hybridized carbons (Fsp3) is 0.190. The van der Waals surface area contributed by atoms with Crippen molar-refractivity contribution in [1.29, 1.82) is 5.26 Å². The average Bonchev–Trinajstić information content (AvgIpc) is 3.09. The lowest BCUT2D eigenvalue weighted by molar-refractivity contribution is -0.122. The summed E-state index contributed by atoms with van der Waals surface area (Å²) in [6, 6.07) is 18.6. The maximum Gasteiger partial charge on any atom is 0.266 e. The van der Waals surface area contributed by atoms with E-state index in [4.69, 9.17) is 10.00 Å². The van der Waals surface area contributed by atoms with Crippen LogP contribution in [0.3, 0.4) is 0 Å². The minimum atomic E-state index is -0.694. The number of aromatic nitrogens is 2. The second-order valence-electron chi connectivity index (χ2n) is 6.25. The Hall–Kier alpha value is -3.59. The monoisotopic (exact) mass is 360 g/mol. The Morgan fingerprint density at radius 2 is 2.04 bits per heavy atom. The predicted molar refractivity (Wildman–Crippen MR) is 102 cm³/mol. The Morgan fingerprint density at radius 3 is 2.74 bits per heavy atom. The zero-order chi connectivity index (χ0) is 19.2. The highest BCUT2D eigenvalue weighted by atomic mass is 16.5. The first-order valence-electron chi connectivity index (χ1n) is 8.60. The van der Waals surface area contributed by atoms with E-state index in [-0.39, 0.29) is 5.91 Å². The van der Waals surface area contributed by atoms with E-state index in [2.05, 4.69) is 16.5 Å². The minimum absolute atomic E-state index is 0.273.